The van der Waals surface area contributed by atoms with Gasteiger partial charge < -0.3 is 0 Å². The van der Waals surface area contributed by atoms with Crippen molar-refractivity contribution < 1.29 is 18.4 Å². The maximum atomic E-state index is 13.6. The molecule has 5 rings (SSSR count). The Morgan fingerprint density at radius 1 is 0.595 bits per heavy atom. The highest BCUT2D eigenvalue weighted by Crippen LogP contribution is 2.30. The van der Waals surface area contributed by atoms with Crippen LogP contribution in [0.25, 0.3) is 0 Å². The zero-order valence-corrected chi connectivity index (χ0v) is 24.1. The van der Waals surface area contributed by atoms with E-state index in [1.165, 1.54) is 24.3 Å². The second kappa shape index (κ2) is 14.7. The molecule has 4 aromatic rings. The topological polar surface area (TPSA) is 43.9 Å². The summed E-state index contributed by atoms with van der Waals surface area (Å²) in [6, 6.07) is 31.0. The molecule has 1 aliphatic rings. The molecule has 218 valence electrons. The van der Waals surface area contributed by atoms with Crippen LogP contribution in [0.2, 0.25) is 0 Å². The lowest BCUT2D eigenvalue weighted by molar-refractivity contribution is 0.00286. The largest absolute Gasteiger partial charge is 0.300 e. The van der Waals surface area contributed by atoms with E-state index in [1.807, 2.05) is 36.4 Å². The van der Waals surface area contributed by atoms with Gasteiger partial charge in [-0.25, -0.2) is 18.8 Å². The molecule has 4 aromatic carbocycles. The number of nitrogens with zero attached hydrogens (tertiary/aromatic N) is 3. The van der Waals surface area contributed by atoms with E-state index in [0.717, 1.165) is 30.5 Å². The van der Waals surface area contributed by atoms with Gasteiger partial charge in [0, 0.05) is 30.1 Å². The molecule has 8 heteroatoms. The summed E-state index contributed by atoms with van der Waals surface area (Å²) in [5, 5.41) is 3.15. The van der Waals surface area contributed by atoms with Crippen molar-refractivity contribution in [1.82, 2.24) is 14.9 Å². The summed E-state index contributed by atoms with van der Waals surface area (Å²) in [5.74, 6) is -0.995. The molecule has 2 amide bonds. The van der Waals surface area contributed by atoms with E-state index in [4.69, 9.17) is 0 Å². The van der Waals surface area contributed by atoms with Crippen LogP contribution < -0.4 is 0 Å². The van der Waals surface area contributed by atoms with Crippen LogP contribution in [0.15, 0.2) is 109 Å². The Hall–Kier alpha value is -4.07. The molecular weight excluding hydrogens is 556 g/mol. The molecule has 0 unspecified atom stereocenters. The van der Waals surface area contributed by atoms with Gasteiger partial charge in [-0.3, -0.25) is 14.5 Å². The van der Waals surface area contributed by atoms with Crippen molar-refractivity contribution in [3.8, 4) is 0 Å². The first-order valence-corrected chi connectivity index (χ1v) is 14.0. The third kappa shape index (κ3) is 7.60. The highest BCUT2D eigenvalue weighted by Gasteiger charge is 2.31. The summed E-state index contributed by atoms with van der Waals surface area (Å²) >= 11 is 0. The molecular formula is C34H34ClF2N3O2. The minimum atomic E-state index is -0.291. The molecule has 0 atom stereocenters. The number of carbonyl (C=O) groups excluding carboxylic acids is 2. The average Bonchev–Trinajstić information content (AvgIpc) is 3.23. The third-order valence-electron chi connectivity index (χ3n) is 7.57. The van der Waals surface area contributed by atoms with Crippen LogP contribution >= 0.6 is 12.4 Å². The van der Waals surface area contributed by atoms with Gasteiger partial charge in [0.2, 0.25) is 0 Å². The lowest BCUT2D eigenvalue weighted by Gasteiger charge is -2.33. The molecule has 42 heavy (non-hydrogen) atoms. The van der Waals surface area contributed by atoms with Crippen molar-refractivity contribution >= 4 is 24.2 Å². The quantitative estimate of drug-likeness (QED) is 0.227. The Morgan fingerprint density at radius 3 is 1.40 bits per heavy atom. The summed E-state index contributed by atoms with van der Waals surface area (Å²) < 4.78 is 27.2. The summed E-state index contributed by atoms with van der Waals surface area (Å²) in [5.41, 5.74) is 3.03. The van der Waals surface area contributed by atoms with Crippen LogP contribution in [0.4, 0.5) is 8.78 Å². The lowest BCUT2D eigenvalue weighted by Crippen LogP contribution is -2.50. The fourth-order valence-corrected chi connectivity index (χ4v) is 5.37. The van der Waals surface area contributed by atoms with E-state index in [1.54, 1.807) is 58.5 Å². The highest BCUT2D eigenvalue weighted by atomic mass is 35.5. The number of hydrogen-bond acceptors (Lipinski definition) is 3. The first kappa shape index (κ1) is 30.9. The first-order valence-electron chi connectivity index (χ1n) is 14.0. The number of amides is 2. The Balaban J connectivity index is 0.00000405. The number of carbonyl (C=O) groups is 2. The minimum absolute atomic E-state index is 0. The predicted molar refractivity (Wildman–Crippen MR) is 163 cm³/mol. The summed E-state index contributed by atoms with van der Waals surface area (Å²) in [6.07, 6.45) is 1.62. The molecule has 1 saturated heterocycles. The monoisotopic (exact) mass is 589 g/mol. The van der Waals surface area contributed by atoms with Crippen LogP contribution in [0, 0.1) is 11.6 Å². The smallest absolute Gasteiger partial charge is 0.272 e. The van der Waals surface area contributed by atoms with Crippen LogP contribution in [-0.2, 0) is 0 Å². The molecule has 0 aliphatic carbocycles. The third-order valence-corrected chi connectivity index (χ3v) is 7.57. The number of rotatable bonds is 8. The fourth-order valence-electron chi connectivity index (χ4n) is 5.37. The van der Waals surface area contributed by atoms with Gasteiger partial charge in [0.15, 0.2) is 0 Å². The zero-order chi connectivity index (χ0) is 28.6. The molecule has 0 bridgehead atoms. The van der Waals surface area contributed by atoms with E-state index in [9.17, 15) is 18.4 Å². The van der Waals surface area contributed by atoms with Crippen molar-refractivity contribution in [2.24, 2.45) is 0 Å². The predicted octanol–water partition coefficient (Wildman–Crippen LogP) is 6.81. The van der Waals surface area contributed by atoms with E-state index >= 15 is 0 Å². The Labute approximate surface area is 251 Å². The van der Waals surface area contributed by atoms with E-state index in [2.05, 4.69) is 4.90 Å². The van der Waals surface area contributed by atoms with Crippen molar-refractivity contribution in [2.75, 3.05) is 32.7 Å². The second-order valence-electron chi connectivity index (χ2n) is 10.2. The molecule has 0 aromatic heterocycles. The van der Waals surface area contributed by atoms with Crippen molar-refractivity contribution in [2.45, 2.75) is 18.8 Å². The molecule has 0 radical (unpaired) electrons. The maximum absolute atomic E-state index is 13.6. The number of halogens is 3. The second-order valence-corrected chi connectivity index (χ2v) is 10.2. The lowest BCUT2D eigenvalue weighted by atomic mass is 9.87. The van der Waals surface area contributed by atoms with Crippen molar-refractivity contribution in [3.05, 3.63) is 143 Å². The number of benzene rings is 4. The SMILES string of the molecule is Cl.O=C(c1ccccc1)N1CCN(CCCC(c2ccc(F)cc2)c2ccc(F)cc2)CCN1C(=O)c1ccccc1. The molecule has 5 nitrogen and oxygen atoms in total. The van der Waals surface area contributed by atoms with Gasteiger partial charge in [0.25, 0.3) is 11.8 Å². The van der Waals surface area contributed by atoms with Crippen LogP contribution in [0.5, 0.6) is 0 Å². The Bertz CT molecular complexity index is 1330. The minimum Gasteiger partial charge on any atom is -0.300 e. The van der Waals surface area contributed by atoms with E-state index in [-0.39, 0.29) is 41.8 Å². The van der Waals surface area contributed by atoms with Crippen LogP contribution in [0.1, 0.15) is 50.6 Å². The molecule has 1 heterocycles. The summed E-state index contributed by atoms with van der Waals surface area (Å²) in [7, 11) is 0. The molecule has 1 fully saturated rings. The standard InChI is InChI=1S/C34H33F2N3O2.ClH/c35-30-17-13-26(14-18-30)32(27-15-19-31(36)20-16-27)12-7-21-37-22-24-38(33(40)28-8-3-1-4-9-28)39(25-23-37)34(41)29-10-5-2-6-11-29;/h1-6,8-11,13-20,32H,7,12,21-25H2;1H. The summed E-state index contributed by atoms with van der Waals surface area (Å²) in [6.45, 7) is 2.76. The van der Waals surface area contributed by atoms with E-state index in [0.29, 0.717) is 37.3 Å². The highest BCUT2D eigenvalue weighted by molar-refractivity contribution is 5.99. The number of hydrogen-bond donors (Lipinski definition) is 0. The van der Waals surface area contributed by atoms with Gasteiger partial charge in [-0.15, -0.1) is 12.4 Å². The van der Waals surface area contributed by atoms with Gasteiger partial charge in [0.1, 0.15) is 11.6 Å². The van der Waals surface area contributed by atoms with Gasteiger partial charge in [-0.05, 0) is 79.0 Å². The van der Waals surface area contributed by atoms with E-state index < -0.39 is 0 Å². The van der Waals surface area contributed by atoms with Crippen molar-refractivity contribution in [1.29, 1.82) is 0 Å². The first-order chi connectivity index (χ1) is 20.0. The average molecular weight is 590 g/mol. The normalized spacial score (nSPS) is 13.9. The Kier molecular flexibility index (Phi) is 10.8. The Morgan fingerprint density at radius 2 is 1.00 bits per heavy atom. The molecule has 0 saturated carbocycles. The van der Waals surface area contributed by atoms with Gasteiger partial charge in [-0.1, -0.05) is 60.7 Å². The molecule has 0 spiro atoms. The fraction of sp³-hybridized carbons (Fsp3) is 0.235. The number of hydrazine groups is 1. The van der Waals surface area contributed by atoms with Crippen LogP contribution in [0.3, 0.4) is 0 Å². The zero-order valence-electron chi connectivity index (χ0n) is 23.2. The van der Waals surface area contributed by atoms with Crippen LogP contribution in [-0.4, -0.2) is 59.5 Å². The summed E-state index contributed by atoms with van der Waals surface area (Å²) in [4.78, 5) is 29.3. The van der Waals surface area contributed by atoms with Crippen molar-refractivity contribution in [3.63, 3.8) is 0 Å². The maximum Gasteiger partial charge on any atom is 0.272 e. The van der Waals surface area contributed by atoms with Gasteiger partial charge >= 0.3 is 0 Å². The van der Waals surface area contributed by atoms with Gasteiger partial charge in [0.05, 0.1) is 13.1 Å². The van der Waals surface area contributed by atoms with Gasteiger partial charge in [-0.2, -0.15) is 0 Å². The molecule has 0 N–H and O–H groups in total. The molecule has 1 aliphatic heterocycles.